The van der Waals surface area contributed by atoms with Crippen LogP contribution in [0.4, 0.5) is 0 Å². The third-order valence-corrected chi connectivity index (χ3v) is 4.29. The average Bonchev–Trinajstić information content (AvgIpc) is 2.61. The van der Waals surface area contributed by atoms with Crippen molar-refractivity contribution in [1.29, 1.82) is 0 Å². The zero-order chi connectivity index (χ0) is 18.3. The number of phenols is 1. The van der Waals surface area contributed by atoms with Gasteiger partial charge in [-0.05, 0) is 62.2 Å². The van der Waals surface area contributed by atoms with Crippen molar-refractivity contribution in [3.8, 4) is 11.5 Å². The summed E-state index contributed by atoms with van der Waals surface area (Å²) in [4.78, 5) is 0. The molecule has 0 heterocycles. The molecule has 2 aromatic rings. The highest BCUT2D eigenvalue weighted by molar-refractivity contribution is 6.33. The van der Waals surface area contributed by atoms with Crippen molar-refractivity contribution in [2.45, 2.75) is 39.2 Å². The second kappa shape index (κ2) is 8.93. The maximum Gasteiger partial charge on any atom is 0.158 e. The Kier molecular flexibility index (Phi) is 6.91. The summed E-state index contributed by atoms with van der Waals surface area (Å²) >= 11 is 0. The zero-order valence-corrected chi connectivity index (χ0v) is 15.2. The fraction of sp³-hybridized carbons (Fsp3) is 0.400. The Morgan fingerprint density at radius 1 is 1.12 bits per heavy atom. The SMILES string of the molecule is C[B]COc1ccc(C(C)(C)NCCc2ccc(O)c(CO)c2)cc1. The van der Waals surface area contributed by atoms with Gasteiger partial charge < -0.3 is 20.3 Å². The van der Waals surface area contributed by atoms with E-state index < -0.39 is 0 Å². The van der Waals surface area contributed by atoms with Crippen LogP contribution in [0.25, 0.3) is 0 Å². The van der Waals surface area contributed by atoms with Gasteiger partial charge in [-0.15, -0.1) is 0 Å². The first-order valence-corrected chi connectivity index (χ1v) is 8.64. The Labute approximate surface area is 151 Å². The van der Waals surface area contributed by atoms with Gasteiger partial charge in [0.05, 0.1) is 13.1 Å². The first kappa shape index (κ1) is 19.4. The van der Waals surface area contributed by atoms with Crippen LogP contribution in [0.3, 0.4) is 0 Å². The summed E-state index contributed by atoms with van der Waals surface area (Å²) in [6.07, 6.45) is 0.824. The van der Waals surface area contributed by atoms with Crippen molar-refractivity contribution in [3.05, 3.63) is 59.2 Å². The molecule has 1 radical (unpaired) electrons. The fourth-order valence-electron chi connectivity index (χ4n) is 2.69. The predicted molar refractivity (Wildman–Crippen MR) is 102 cm³/mol. The van der Waals surface area contributed by atoms with Crippen molar-refractivity contribution in [3.63, 3.8) is 0 Å². The molecule has 0 unspecified atom stereocenters. The van der Waals surface area contributed by atoms with E-state index in [1.54, 1.807) is 6.07 Å². The molecular weight excluding hydrogens is 313 g/mol. The van der Waals surface area contributed by atoms with Crippen LogP contribution >= 0.6 is 0 Å². The highest BCUT2D eigenvalue weighted by Crippen LogP contribution is 2.23. The van der Waals surface area contributed by atoms with E-state index in [2.05, 4.69) is 31.3 Å². The van der Waals surface area contributed by atoms with Crippen molar-refractivity contribution >= 4 is 7.28 Å². The molecule has 0 fully saturated rings. The van der Waals surface area contributed by atoms with Gasteiger partial charge in [-0.2, -0.15) is 0 Å². The molecule has 133 valence electrons. The lowest BCUT2D eigenvalue weighted by atomic mass is 9.85. The summed E-state index contributed by atoms with van der Waals surface area (Å²) in [5, 5.41) is 22.4. The lowest BCUT2D eigenvalue weighted by Crippen LogP contribution is -2.37. The highest BCUT2D eigenvalue weighted by atomic mass is 16.5. The Bertz CT molecular complexity index is 671. The molecule has 0 atom stereocenters. The number of benzene rings is 2. The van der Waals surface area contributed by atoms with Gasteiger partial charge in [0.1, 0.15) is 11.5 Å². The van der Waals surface area contributed by atoms with E-state index in [1.165, 1.54) is 5.56 Å². The smallest absolute Gasteiger partial charge is 0.158 e. The first-order chi connectivity index (χ1) is 12.0. The maximum atomic E-state index is 9.63. The van der Waals surface area contributed by atoms with Crippen LogP contribution in [0.2, 0.25) is 6.82 Å². The van der Waals surface area contributed by atoms with Crippen molar-refractivity contribution in [2.24, 2.45) is 0 Å². The van der Waals surface area contributed by atoms with E-state index in [9.17, 15) is 10.2 Å². The van der Waals surface area contributed by atoms with Gasteiger partial charge >= 0.3 is 0 Å². The van der Waals surface area contributed by atoms with Crippen LogP contribution in [0, 0.1) is 0 Å². The predicted octanol–water partition coefficient (Wildman–Crippen LogP) is 3.04. The quantitative estimate of drug-likeness (QED) is 0.614. The minimum Gasteiger partial charge on any atom is -0.508 e. The van der Waals surface area contributed by atoms with Crippen LogP contribution < -0.4 is 10.1 Å². The topological polar surface area (TPSA) is 61.7 Å². The van der Waals surface area contributed by atoms with Crippen molar-refractivity contribution in [1.82, 2.24) is 5.32 Å². The molecule has 0 spiro atoms. The van der Waals surface area contributed by atoms with Crippen LogP contribution in [0.1, 0.15) is 30.5 Å². The zero-order valence-electron chi connectivity index (χ0n) is 15.2. The minimum absolute atomic E-state index is 0.141. The molecule has 0 saturated heterocycles. The van der Waals surface area contributed by atoms with E-state index in [1.807, 2.05) is 38.4 Å². The Morgan fingerprint density at radius 2 is 1.84 bits per heavy atom. The molecule has 0 aromatic heterocycles. The lowest BCUT2D eigenvalue weighted by molar-refractivity contribution is 0.275. The van der Waals surface area contributed by atoms with Crippen molar-refractivity contribution in [2.75, 3.05) is 13.1 Å². The van der Waals surface area contributed by atoms with Gasteiger partial charge in [-0.3, -0.25) is 0 Å². The average molecular weight is 340 g/mol. The third-order valence-electron chi connectivity index (χ3n) is 4.29. The molecule has 5 heteroatoms. The molecule has 0 saturated carbocycles. The second-order valence-electron chi connectivity index (χ2n) is 6.67. The molecule has 0 bridgehead atoms. The van der Waals surface area contributed by atoms with Gasteiger partial charge in [0.25, 0.3) is 0 Å². The molecule has 2 rings (SSSR count). The monoisotopic (exact) mass is 340 g/mol. The van der Waals surface area contributed by atoms with E-state index in [-0.39, 0.29) is 17.9 Å². The molecular formula is C20H27BNO3. The summed E-state index contributed by atoms with van der Waals surface area (Å²) < 4.78 is 5.58. The third kappa shape index (κ3) is 5.51. The Morgan fingerprint density at radius 3 is 2.48 bits per heavy atom. The largest absolute Gasteiger partial charge is 0.508 e. The number of aliphatic hydroxyl groups is 1. The Balaban J connectivity index is 1.92. The number of hydrogen-bond donors (Lipinski definition) is 3. The van der Waals surface area contributed by atoms with Crippen LogP contribution in [-0.4, -0.2) is 30.5 Å². The molecule has 0 aliphatic heterocycles. The normalized spacial score (nSPS) is 11.4. The summed E-state index contributed by atoms with van der Waals surface area (Å²) in [5.41, 5.74) is 2.69. The van der Waals surface area contributed by atoms with Crippen LogP contribution in [-0.2, 0) is 18.6 Å². The van der Waals surface area contributed by atoms with E-state index in [4.69, 9.17) is 4.74 Å². The van der Waals surface area contributed by atoms with Gasteiger partial charge in [0, 0.05) is 11.1 Å². The van der Waals surface area contributed by atoms with Gasteiger partial charge in [-0.1, -0.05) is 25.0 Å². The molecule has 25 heavy (non-hydrogen) atoms. The number of ether oxygens (including phenoxy) is 1. The van der Waals surface area contributed by atoms with E-state index >= 15 is 0 Å². The minimum atomic E-state index is -0.161. The number of hydrogen-bond acceptors (Lipinski definition) is 4. The standard InChI is InChI=1S/C20H27BNO3/c1-20(2,17-5-7-18(8-6-17)25-14-21-3)22-11-10-15-4-9-19(24)16(12-15)13-23/h4-9,12,22-24H,10-11,13-14H2,1-3H3. The lowest BCUT2D eigenvalue weighted by Gasteiger charge is -2.27. The molecule has 2 aromatic carbocycles. The van der Waals surface area contributed by atoms with Crippen molar-refractivity contribution < 1.29 is 14.9 Å². The summed E-state index contributed by atoms with van der Waals surface area (Å²) in [5.74, 6) is 1.01. The van der Waals surface area contributed by atoms with Crippen LogP contribution in [0.5, 0.6) is 11.5 Å². The molecule has 4 nitrogen and oxygen atoms in total. The Hall–Kier alpha value is -1.98. The second-order valence-corrected chi connectivity index (χ2v) is 6.67. The van der Waals surface area contributed by atoms with E-state index in [0.29, 0.717) is 12.1 Å². The van der Waals surface area contributed by atoms with Gasteiger partial charge in [-0.25, -0.2) is 0 Å². The first-order valence-electron chi connectivity index (χ1n) is 8.64. The van der Waals surface area contributed by atoms with E-state index in [0.717, 1.165) is 24.3 Å². The maximum absolute atomic E-state index is 9.63. The summed E-state index contributed by atoms with van der Waals surface area (Å²) in [7, 11) is 1.98. The molecule has 0 aliphatic rings. The summed E-state index contributed by atoms with van der Waals surface area (Å²) in [6, 6.07) is 13.5. The highest BCUT2D eigenvalue weighted by Gasteiger charge is 2.19. The molecule has 0 amide bonds. The van der Waals surface area contributed by atoms with Gasteiger partial charge in [0.2, 0.25) is 0 Å². The number of rotatable bonds is 9. The molecule has 0 aliphatic carbocycles. The number of aromatic hydroxyl groups is 1. The summed E-state index contributed by atoms with van der Waals surface area (Å²) in [6.45, 7) is 7.54. The molecule has 3 N–H and O–H groups in total. The van der Waals surface area contributed by atoms with Gasteiger partial charge in [0.15, 0.2) is 7.28 Å². The number of aliphatic hydroxyl groups excluding tert-OH is 1. The fourth-order valence-corrected chi connectivity index (χ4v) is 2.69. The van der Waals surface area contributed by atoms with Crippen LogP contribution in [0.15, 0.2) is 42.5 Å². The number of nitrogens with one attached hydrogen (secondary N) is 1.